The first-order valence-corrected chi connectivity index (χ1v) is 5.75. The highest BCUT2D eigenvalue weighted by atomic mass is 19.1. The van der Waals surface area contributed by atoms with E-state index < -0.39 is 0 Å². The second-order valence-electron chi connectivity index (χ2n) is 4.23. The van der Waals surface area contributed by atoms with E-state index in [-0.39, 0.29) is 12.4 Å². The van der Waals surface area contributed by atoms with E-state index in [0.717, 1.165) is 11.1 Å². The summed E-state index contributed by atoms with van der Waals surface area (Å²) in [5.74, 6) is 0.230. The summed E-state index contributed by atoms with van der Waals surface area (Å²) >= 11 is 0. The second-order valence-corrected chi connectivity index (χ2v) is 4.23. The van der Waals surface area contributed by atoms with Gasteiger partial charge in [-0.15, -0.1) is 0 Å². The Morgan fingerprint density at radius 3 is 2.62 bits per heavy atom. The summed E-state index contributed by atoms with van der Waals surface area (Å²) in [6.45, 7) is 5.48. The number of hydrogen-bond donors (Lipinski definition) is 2. The zero-order valence-corrected chi connectivity index (χ0v) is 9.96. The van der Waals surface area contributed by atoms with Gasteiger partial charge in [0.25, 0.3) is 0 Å². The molecule has 0 saturated carbocycles. The predicted molar refractivity (Wildman–Crippen MR) is 64.1 cm³/mol. The van der Waals surface area contributed by atoms with Crippen molar-refractivity contribution < 1.29 is 9.50 Å². The number of halogens is 1. The van der Waals surface area contributed by atoms with Crippen LogP contribution in [0.4, 0.5) is 4.39 Å². The number of aliphatic hydroxyl groups excluding tert-OH is 1. The lowest BCUT2D eigenvalue weighted by atomic mass is 10.0. The lowest BCUT2D eigenvalue weighted by Gasteiger charge is -2.09. The summed E-state index contributed by atoms with van der Waals surface area (Å²) in [6, 6.07) is 5.45. The lowest BCUT2D eigenvalue weighted by molar-refractivity contribution is 0.292. The summed E-state index contributed by atoms with van der Waals surface area (Å²) in [6.07, 6.45) is 0.657. The fraction of sp³-hybridized carbons (Fsp3) is 0.538. The molecule has 0 atom stereocenters. The van der Waals surface area contributed by atoms with E-state index in [1.165, 1.54) is 0 Å². The van der Waals surface area contributed by atoms with Crippen molar-refractivity contribution in [1.29, 1.82) is 0 Å². The van der Waals surface area contributed by atoms with Gasteiger partial charge < -0.3 is 10.4 Å². The minimum absolute atomic E-state index is 0.120. The molecule has 0 radical (unpaired) electrons. The van der Waals surface area contributed by atoms with Gasteiger partial charge in [0.15, 0.2) is 0 Å². The SMILES string of the molecule is CC(C)c1ccc(CCNCCO)c(F)c1. The maximum Gasteiger partial charge on any atom is 0.126 e. The molecule has 0 fully saturated rings. The molecule has 0 bridgehead atoms. The van der Waals surface area contributed by atoms with Crippen LogP contribution in [0.1, 0.15) is 30.9 Å². The number of nitrogens with one attached hydrogen (secondary N) is 1. The third-order valence-electron chi connectivity index (χ3n) is 2.60. The van der Waals surface area contributed by atoms with E-state index in [0.29, 0.717) is 25.4 Å². The molecule has 0 saturated heterocycles. The fourth-order valence-corrected chi connectivity index (χ4v) is 1.55. The van der Waals surface area contributed by atoms with Crippen LogP contribution in [0, 0.1) is 5.82 Å². The second kappa shape index (κ2) is 6.61. The third-order valence-corrected chi connectivity index (χ3v) is 2.60. The summed E-state index contributed by atoms with van der Waals surface area (Å²) in [7, 11) is 0. The summed E-state index contributed by atoms with van der Waals surface area (Å²) < 4.78 is 13.6. The van der Waals surface area contributed by atoms with Crippen LogP contribution in [-0.4, -0.2) is 24.8 Å². The van der Waals surface area contributed by atoms with Crippen molar-refractivity contribution in [3.05, 3.63) is 35.1 Å². The molecule has 1 rings (SSSR count). The minimum atomic E-state index is -0.128. The molecular formula is C13H20FNO. The van der Waals surface area contributed by atoms with Crippen molar-refractivity contribution in [2.24, 2.45) is 0 Å². The first-order chi connectivity index (χ1) is 7.65. The molecule has 2 N–H and O–H groups in total. The summed E-state index contributed by atoms with van der Waals surface area (Å²) in [5.41, 5.74) is 1.76. The van der Waals surface area contributed by atoms with Crippen molar-refractivity contribution in [2.45, 2.75) is 26.2 Å². The van der Waals surface area contributed by atoms with Crippen LogP contribution < -0.4 is 5.32 Å². The van der Waals surface area contributed by atoms with Gasteiger partial charge >= 0.3 is 0 Å². The van der Waals surface area contributed by atoms with E-state index in [9.17, 15) is 4.39 Å². The minimum Gasteiger partial charge on any atom is -0.395 e. The molecule has 1 aromatic carbocycles. The van der Waals surface area contributed by atoms with Crippen LogP contribution in [0.15, 0.2) is 18.2 Å². The van der Waals surface area contributed by atoms with Gasteiger partial charge in [0.1, 0.15) is 5.82 Å². The van der Waals surface area contributed by atoms with Gasteiger partial charge in [-0.1, -0.05) is 26.0 Å². The molecule has 0 aliphatic rings. The lowest BCUT2D eigenvalue weighted by Crippen LogP contribution is -2.21. The highest BCUT2D eigenvalue weighted by Gasteiger charge is 2.05. The van der Waals surface area contributed by atoms with E-state index in [1.54, 1.807) is 6.07 Å². The highest BCUT2D eigenvalue weighted by Crippen LogP contribution is 2.18. The Kier molecular flexibility index (Phi) is 5.43. The Bertz CT molecular complexity index is 326. The van der Waals surface area contributed by atoms with Crippen molar-refractivity contribution >= 4 is 0 Å². The van der Waals surface area contributed by atoms with Crippen LogP contribution in [0.5, 0.6) is 0 Å². The van der Waals surface area contributed by atoms with Crippen LogP contribution >= 0.6 is 0 Å². The van der Waals surface area contributed by atoms with Gasteiger partial charge in [-0.3, -0.25) is 0 Å². The molecule has 90 valence electrons. The maximum atomic E-state index is 13.6. The molecule has 0 spiro atoms. The molecule has 16 heavy (non-hydrogen) atoms. The molecule has 1 aromatic rings. The van der Waals surface area contributed by atoms with Gasteiger partial charge in [-0.25, -0.2) is 4.39 Å². The number of hydrogen-bond acceptors (Lipinski definition) is 2. The third kappa shape index (κ3) is 3.91. The van der Waals surface area contributed by atoms with Gasteiger partial charge in [-0.2, -0.15) is 0 Å². The molecule has 0 aliphatic carbocycles. The Labute approximate surface area is 96.5 Å². The molecule has 0 aromatic heterocycles. The smallest absolute Gasteiger partial charge is 0.126 e. The standard InChI is InChI=1S/C13H20FNO/c1-10(2)12-4-3-11(13(14)9-12)5-6-15-7-8-16/h3-4,9-10,15-16H,5-8H2,1-2H3. The van der Waals surface area contributed by atoms with Crippen molar-refractivity contribution in [1.82, 2.24) is 5.32 Å². The van der Waals surface area contributed by atoms with Crippen molar-refractivity contribution in [2.75, 3.05) is 19.7 Å². The normalized spacial score (nSPS) is 11.1. The molecule has 0 amide bonds. The monoisotopic (exact) mass is 225 g/mol. The average Bonchev–Trinajstić information content (AvgIpc) is 2.26. The van der Waals surface area contributed by atoms with E-state index in [4.69, 9.17) is 5.11 Å². The van der Waals surface area contributed by atoms with Crippen LogP contribution in [-0.2, 0) is 6.42 Å². The Balaban J connectivity index is 2.54. The van der Waals surface area contributed by atoms with Crippen LogP contribution in [0.2, 0.25) is 0 Å². The van der Waals surface area contributed by atoms with Gasteiger partial charge in [0, 0.05) is 6.54 Å². The highest BCUT2D eigenvalue weighted by molar-refractivity contribution is 5.26. The van der Waals surface area contributed by atoms with Crippen molar-refractivity contribution in [3.63, 3.8) is 0 Å². The van der Waals surface area contributed by atoms with E-state index >= 15 is 0 Å². The quantitative estimate of drug-likeness (QED) is 0.726. The first-order valence-electron chi connectivity index (χ1n) is 5.75. The number of rotatable bonds is 6. The van der Waals surface area contributed by atoms with Crippen LogP contribution in [0.25, 0.3) is 0 Å². The molecular weight excluding hydrogens is 205 g/mol. The Morgan fingerprint density at radius 2 is 2.06 bits per heavy atom. The van der Waals surface area contributed by atoms with Gasteiger partial charge in [0.05, 0.1) is 6.61 Å². The van der Waals surface area contributed by atoms with E-state index in [2.05, 4.69) is 19.2 Å². The molecule has 0 heterocycles. The van der Waals surface area contributed by atoms with Crippen LogP contribution in [0.3, 0.4) is 0 Å². The van der Waals surface area contributed by atoms with Crippen molar-refractivity contribution in [3.8, 4) is 0 Å². The molecule has 0 aliphatic heterocycles. The fourth-order valence-electron chi connectivity index (χ4n) is 1.55. The topological polar surface area (TPSA) is 32.3 Å². The Hall–Kier alpha value is -0.930. The van der Waals surface area contributed by atoms with Gasteiger partial charge in [0.2, 0.25) is 0 Å². The number of benzene rings is 1. The molecule has 0 unspecified atom stereocenters. The molecule has 2 nitrogen and oxygen atoms in total. The predicted octanol–water partition coefficient (Wildman–Crippen LogP) is 2.07. The zero-order chi connectivity index (χ0) is 12.0. The zero-order valence-electron chi connectivity index (χ0n) is 9.96. The first kappa shape index (κ1) is 13.1. The van der Waals surface area contributed by atoms with E-state index in [1.807, 2.05) is 12.1 Å². The molecule has 3 heteroatoms. The largest absolute Gasteiger partial charge is 0.395 e. The summed E-state index contributed by atoms with van der Waals surface area (Å²) in [5, 5.41) is 11.6. The average molecular weight is 225 g/mol. The Morgan fingerprint density at radius 1 is 1.31 bits per heavy atom. The van der Waals surface area contributed by atoms with Gasteiger partial charge in [-0.05, 0) is 36.1 Å². The number of aliphatic hydroxyl groups is 1. The maximum absolute atomic E-state index is 13.6. The summed E-state index contributed by atoms with van der Waals surface area (Å²) in [4.78, 5) is 0.